The van der Waals surface area contributed by atoms with E-state index in [0.717, 1.165) is 18.4 Å². The first-order valence-corrected chi connectivity index (χ1v) is 10.3. The van der Waals surface area contributed by atoms with Crippen LogP contribution in [0.4, 0.5) is 0 Å². The Hall–Kier alpha value is -0.870. The largest absolute Gasteiger partial charge is 0.238 e. The maximum Gasteiger partial charge on any atom is 0.238 e. The van der Waals surface area contributed by atoms with Gasteiger partial charge in [-0.2, -0.15) is 0 Å². The molecule has 2 N–H and O–H groups in total. The highest BCUT2D eigenvalue weighted by Crippen LogP contribution is 2.43. The Morgan fingerprint density at radius 3 is 1.91 bits per heavy atom. The predicted octanol–water partition coefficient (Wildman–Crippen LogP) is 4.43. The van der Waals surface area contributed by atoms with Crippen molar-refractivity contribution >= 4 is 10.0 Å². The molecule has 0 atom stereocenters. The highest BCUT2D eigenvalue weighted by atomic mass is 32.2. The molecule has 0 unspecified atom stereocenters. The zero-order valence-electron chi connectivity index (χ0n) is 13.3. The summed E-state index contributed by atoms with van der Waals surface area (Å²) in [5.74, 6) is 0.896. The second-order valence-electron chi connectivity index (χ2n) is 6.97. The molecule has 3 nitrogen and oxygen atoms in total. The zero-order chi connectivity index (χ0) is 15.6. The number of benzene rings is 1. The van der Waals surface area contributed by atoms with Crippen LogP contribution in [0.3, 0.4) is 0 Å². The molecule has 3 rings (SSSR count). The van der Waals surface area contributed by atoms with Crippen LogP contribution in [-0.4, -0.2) is 8.42 Å². The third-order valence-corrected chi connectivity index (χ3v) is 6.43. The third-order valence-electron chi connectivity index (χ3n) is 5.46. The van der Waals surface area contributed by atoms with Crippen LogP contribution in [0.5, 0.6) is 0 Å². The Kier molecular flexibility index (Phi) is 4.88. The highest BCUT2D eigenvalue weighted by Gasteiger charge is 2.28. The van der Waals surface area contributed by atoms with Crippen LogP contribution in [0, 0.1) is 0 Å². The molecule has 4 heteroatoms. The topological polar surface area (TPSA) is 60.2 Å². The molecule has 0 saturated heterocycles. The molecule has 0 amide bonds. The molecule has 22 heavy (non-hydrogen) atoms. The minimum atomic E-state index is -3.64. The molecule has 0 radical (unpaired) electrons. The van der Waals surface area contributed by atoms with Crippen LogP contribution >= 0.6 is 0 Å². The summed E-state index contributed by atoms with van der Waals surface area (Å²) < 4.78 is 24.2. The fraction of sp³-hybridized carbons (Fsp3) is 0.667. The van der Waals surface area contributed by atoms with Gasteiger partial charge in [0.15, 0.2) is 0 Å². The fourth-order valence-electron chi connectivity index (χ4n) is 4.41. The van der Waals surface area contributed by atoms with Gasteiger partial charge in [-0.3, -0.25) is 0 Å². The van der Waals surface area contributed by atoms with E-state index in [-0.39, 0.29) is 0 Å². The Balaban J connectivity index is 2.07. The van der Waals surface area contributed by atoms with Crippen molar-refractivity contribution in [1.82, 2.24) is 0 Å². The molecule has 2 aliphatic carbocycles. The first-order valence-electron chi connectivity index (χ1n) is 8.73. The van der Waals surface area contributed by atoms with Crippen LogP contribution in [-0.2, 0) is 10.0 Å². The number of rotatable bonds is 3. The van der Waals surface area contributed by atoms with Crippen molar-refractivity contribution < 1.29 is 8.42 Å². The van der Waals surface area contributed by atoms with E-state index in [4.69, 9.17) is 5.14 Å². The van der Waals surface area contributed by atoms with Crippen molar-refractivity contribution in [3.05, 3.63) is 29.3 Å². The molecule has 2 fully saturated rings. The molecule has 1 aromatic rings. The van der Waals surface area contributed by atoms with Crippen molar-refractivity contribution in [1.29, 1.82) is 0 Å². The molecule has 0 bridgehead atoms. The van der Waals surface area contributed by atoms with Crippen LogP contribution in [0.1, 0.15) is 87.2 Å². The molecule has 0 heterocycles. The van der Waals surface area contributed by atoms with Gasteiger partial charge in [0.2, 0.25) is 10.0 Å². The molecule has 0 aromatic heterocycles. The lowest BCUT2D eigenvalue weighted by Gasteiger charge is -2.31. The number of hydrogen-bond donors (Lipinski definition) is 1. The van der Waals surface area contributed by atoms with Crippen molar-refractivity contribution in [3.8, 4) is 0 Å². The van der Waals surface area contributed by atoms with Gasteiger partial charge in [-0.05, 0) is 54.7 Å². The molecular formula is C18H27NO2S. The quantitative estimate of drug-likeness (QED) is 0.895. The van der Waals surface area contributed by atoms with E-state index in [0.29, 0.717) is 16.7 Å². The summed E-state index contributed by atoms with van der Waals surface area (Å²) in [6, 6.07) is 5.76. The van der Waals surface area contributed by atoms with Crippen molar-refractivity contribution in [3.63, 3.8) is 0 Å². The Bertz CT molecular complexity index is 612. The van der Waals surface area contributed by atoms with Gasteiger partial charge < -0.3 is 0 Å². The van der Waals surface area contributed by atoms with Gasteiger partial charge in [0.1, 0.15) is 0 Å². The predicted molar refractivity (Wildman–Crippen MR) is 89.5 cm³/mol. The molecule has 0 aliphatic heterocycles. The lowest BCUT2D eigenvalue weighted by Crippen LogP contribution is -2.20. The number of sulfonamides is 1. The number of primary sulfonamides is 1. The molecule has 2 saturated carbocycles. The summed E-state index contributed by atoms with van der Waals surface area (Å²) in [6.07, 6.45) is 12.1. The van der Waals surface area contributed by atoms with E-state index in [2.05, 4.69) is 6.07 Å². The van der Waals surface area contributed by atoms with Gasteiger partial charge in [0.25, 0.3) is 0 Å². The summed E-state index contributed by atoms with van der Waals surface area (Å²) >= 11 is 0. The zero-order valence-corrected chi connectivity index (χ0v) is 14.1. The van der Waals surface area contributed by atoms with E-state index in [1.807, 2.05) is 6.07 Å². The molecule has 2 aliphatic rings. The van der Waals surface area contributed by atoms with Crippen LogP contribution < -0.4 is 5.14 Å². The minimum absolute atomic E-state index is 0.375. The Morgan fingerprint density at radius 1 is 0.818 bits per heavy atom. The maximum atomic E-state index is 12.1. The average molecular weight is 321 g/mol. The van der Waals surface area contributed by atoms with Gasteiger partial charge in [-0.25, -0.2) is 13.6 Å². The first kappa shape index (κ1) is 16.0. The monoisotopic (exact) mass is 321 g/mol. The fourth-order valence-corrected chi connectivity index (χ4v) is 5.27. The summed E-state index contributed by atoms with van der Waals surface area (Å²) in [7, 11) is -3.64. The molecule has 1 aromatic carbocycles. The summed E-state index contributed by atoms with van der Waals surface area (Å²) in [5.41, 5.74) is 2.34. The SMILES string of the molecule is NS(=O)(=O)c1cccc(C2CCCCC2)c1C1CCCCC1. The van der Waals surface area contributed by atoms with E-state index in [1.54, 1.807) is 6.07 Å². The summed E-state index contributed by atoms with van der Waals surface area (Å²) in [5, 5.41) is 5.53. The van der Waals surface area contributed by atoms with Gasteiger partial charge in [-0.15, -0.1) is 0 Å². The van der Waals surface area contributed by atoms with E-state index < -0.39 is 10.0 Å². The van der Waals surface area contributed by atoms with Gasteiger partial charge in [-0.1, -0.05) is 50.7 Å². The summed E-state index contributed by atoms with van der Waals surface area (Å²) in [6.45, 7) is 0. The molecule has 0 spiro atoms. The molecular weight excluding hydrogens is 294 g/mol. The minimum Gasteiger partial charge on any atom is -0.225 e. The van der Waals surface area contributed by atoms with Crippen LogP contribution in [0.25, 0.3) is 0 Å². The Morgan fingerprint density at radius 2 is 1.36 bits per heavy atom. The average Bonchev–Trinajstić information content (AvgIpc) is 2.55. The smallest absolute Gasteiger partial charge is 0.225 e. The first-order chi connectivity index (χ1) is 10.6. The standard InChI is InChI=1S/C18H27NO2S/c19-22(20,21)17-13-7-12-16(14-8-3-1-4-9-14)18(17)15-10-5-2-6-11-15/h7,12-15H,1-6,8-11H2,(H2,19,20,21). The van der Waals surface area contributed by atoms with Crippen LogP contribution in [0.15, 0.2) is 23.1 Å². The third kappa shape index (κ3) is 3.38. The van der Waals surface area contributed by atoms with E-state index >= 15 is 0 Å². The highest BCUT2D eigenvalue weighted by molar-refractivity contribution is 7.89. The van der Waals surface area contributed by atoms with Gasteiger partial charge >= 0.3 is 0 Å². The van der Waals surface area contributed by atoms with Crippen molar-refractivity contribution in [2.45, 2.75) is 80.9 Å². The second kappa shape index (κ2) is 6.71. The summed E-state index contributed by atoms with van der Waals surface area (Å²) in [4.78, 5) is 0.391. The van der Waals surface area contributed by atoms with Crippen molar-refractivity contribution in [2.24, 2.45) is 5.14 Å². The Labute approximate surface area is 134 Å². The van der Waals surface area contributed by atoms with Gasteiger partial charge in [0.05, 0.1) is 4.90 Å². The number of nitrogens with two attached hydrogens (primary N) is 1. The maximum absolute atomic E-state index is 12.1. The van der Waals surface area contributed by atoms with Crippen molar-refractivity contribution in [2.75, 3.05) is 0 Å². The normalized spacial score (nSPS) is 21.9. The van der Waals surface area contributed by atoms with Crippen LogP contribution in [0.2, 0.25) is 0 Å². The molecule has 122 valence electrons. The van der Waals surface area contributed by atoms with E-state index in [9.17, 15) is 8.42 Å². The second-order valence-corrected chi connectivity index (χ2v) is 8.50. The number of hydrogen-bond acceptors (Lipinski definition) is 2. The van der Waals surface area contributed by atoms with E-state index in [1.165, 1.54) is 56.9 Å². The lowest BCUT2D eigenvalue weighted by atomic mass is 9.76. The van der Waals surface area contributed by atoms with Gasteiger partial charge in [0, 0.05) is 0 Å². The lowest BCUT2D eigenvalue weighted by molar-refractivity contribution is 0.414.